The predicted octanol–water partition coefficient (Wildman–Crippen LogP) is 3.28. The van der Waals surface area contributed by atoms with Gasteiger partial charge < -0.3 is 15.9 Å². The van der Waals surface area contributed by atoms with Crippen LogP contribution in [0.2, 0.25) is 0 Å². The summed E-state index contributed by atoms with van der Waals surface area (Å²) in [5.41, 5.74) is 7.15. The quantitative estimate of drug-likeness (QED) is 0.550. The first-order valence-electron chi connectivity index (χ1n) is 8.42. The number of rotatable bonds is 11. The molecule has 22 heavy (non-hydrogen) atoms. The first-order valence-corrected chi connectivity index (χ1v) is 8.42. The van der Waals surface area contributed by atoms with Gasteiger partial charge in [-0.3, -0.25) is 0 Å². The van der Waals surface area contributed by atoms with E-state index >= 15 is 0 Å². The third kappa shape index (κ3) is 7.21. The molecular formula is C19H31NO2. The van der Waals surface area contributed by atoms with Gasteiger partial charge in [0.1, 0.15) is 0 Å². The van der Waals surface area contributed by atoms with Gasteiger partial charge in [0.05, 0.1) is 18.8 Å². The lowest BCUT2D eigenvalue weighted by Gasteiger charge is -2.19. The largest absolute Gasteiger partial charge is 0.394 e. The fourth-order valence-corrected chi connectivity index (χ4v) is 2.32. The first-order chi connectivity index (χ1) is 10.6. The summed E-state index contributed by atoms with van der Waals surface area (Å²) in [4.78, 5) is 0. The van der Waals surface area contributed by atoms with Crippen LogP contribution < -0.4 is 5.73 Å². The number of nitrogens with two attached hydrogens (primary N) is 1. The predicted molar refractivity (Wildman–Crippen MR) is 93.6 cm³/mol. The number of aliphatic hydroxyl groups excluding tert-OH is 2. The van der Waals surface area contributed by atoms with Crippen LogP contribution in [0.1, 0.15) is 56.6 Å². The second-order valence-corrected chi connectivity index (χ2v) is 6.14. The Balaban J connectivity index is 2.38. The Morgan fingerprint density at radius 1 is 0.955 bits per heavy atom. The zero-order chi connectivity index (χ0) is 16.3. The van der Waals surface area contributed by atoms with E-state index in [9.17, 15) is 0 Å². The topological polar surface area (TPSA) is 66.5 Å². The summed E-state index contributed by atoms with van der Waals surface area (Å²) in [6.07, 6.45) is 12.6. The molecule has 0 saturated carbocycles. The molecule has 0 spiro atoms. The van der Waals surface area contributed by atoms with E-state index in [2.05, 4.69) is 31.2 Å². The van der Waals surface area contributed by atoms with Crippen molar-refractivity contribution in [3.8, 4) is 0 Å². The van der Waals surface area contributed by atoms with Crippen LogP contribution in [-0.2, 0) is 6.42 Å². The van der Waals surface area contributed by atoms with Gasteiger partial charge in [-0.15, -0.1) is 0 Å². The molecule has 0 aromatic heterocycles. The van der Waals surface area contributed by atoms with Crippen molar-refractivity contribution in [2.24, 2.45) is 5.73 Å². The second-order valence-electron chi connectivity index (χ2n) is 6.14. The highest BCUT2D eigenvalue weighted by atomic mass is 16.3. The van der Waals surface area contributed by atoms with E-state index in [1.807, 2.05) is 6.08 Å². The molecule has 0 radical (unpaired) electrons. The Morgan fingerprint density at radius 3 is 2.14 bits per heavy atom. The molecule has 0 saturated heterocycles. The SMILES string of the molecule is CCCCCCCCc1ccc(/C=C\C(N)(CO)CO)cc1. The van der Waals surface area contributed by atoms with Gasteiger partial charge in [0.15, 0.2) is 0 Å². The highest BCUT2D eigenvalue weighted by Crippen LogP contribution is 2.13. The zero-order valence-corrected chi connectivity index (χ0v) is 13.8. The number of unbranched alkanes of at least 4 members (excludes halogenated alkanes) is 5. The van der Waals surface area contributed by atoms with Gasteiger partial charge in [-0.1, -0.05) is 75.4 Å². The molecule has 0 fully saturated rings. The van der Waals surface area contributed by atoms with Gasteiger partial charge in [-0.05, 0) is 24.0 Å². The van der Waals surface area contributed by atoms with Crippen LogP contribution in [0.5, 0.6) is 0 Å². The minimum atomic E-state index is -1.04. The first kappa shape index (κ1) is 18.9. The molecule has 4 N–H and O–H groups in total. The Labute approximate surface area is 134 Å². The standard InChI is InChI=1S/C19H31NO2/c1-2-3-4-5-6-7-8-17-9-11-18(12-10-17)13-14-19(20,15-21)16-22/h9-14,21-22H,2-8,15-16,20H2,1H3/b14-13-. The van der Waals surface area contributed by atoms with Crippen molar-refractivity contribution in [1.82, 2.24) is 0 Å². The number of aryl methyl sites for hydroxylation is 1. The monoisotopic (exact) mass is 305 g/mol. The van der Waals surface area contributed by atoms with Crippen molar-refractivity contribution >= 4 is 6.08 Å². The van der Waals surface area contributed by atoms with Crippen molar-refractivity contribution in [3.63, 3.8) is 0 Å². The molecule has 3 nitrogen and oxygen atoms in total. The molecular weight excluding hydrogens is 274 g/mol. The number of benzene rings is 1. The van der Waals surface area contributed by atoms with E-state index in [1.54, 1.807) is 6.08 Å². The molecule has 0 aliphatic rings. The summed E-state index contributed by atoms with van der Waals surface area (Å²) in [6, 6.07) is 8.39. The van der Waals surface area contributed by atoms with Crippen LogP contribution in [0.4, 0.5) is 0 Å². The molecule has 0 amide bonds. The minimum Gasteiger partial charge on any atom is -0.394 e. The fraction of sp³-hybridized carbons (Fsp3) is 0.579. The molecule has 0 bridgehead atoms. The Kier molecular flexibility index (Phi) is 9.05. The highest BCUT2D eigenvalue weighted by Gasteiger charge is 2.18. The summed E-state index contributed by atoms with van der Waals surface area (Å²) in [7, 11) is 0. The average molecular weight is 305 g/mol. The van der Waals surface area contributed by atoms with Crippen LogP contribution in [0.15, 0.2) is 30.3 Å². The lowest BCUT2D eigenvalue weighted by molar-refractivity contribution is 0.152. The van der Waals surface area contributed by atoms with E-state index < -0.39 is 5.54 Å². The van der Waals surface area contributed by atoms with Crippen molar-refractivity contribution in [1.29, 1.82) is 0 Å². The van der Waals surface area contributed by atoms with Crippen LogP contribution >= 0.6 is 0 Å². The third-order valence-electron chi connectivity index (χ3n) is 4.00. The average Bonchev–Trinajstić information content (AvgIpc) is 2.57. The normalized spacial score (nSPS) is 12.2. The third-order valence-corrected chi connectivity index (χ3v) is 4.00. The summed E-state index contributed by atoms with van der Waals surface area (Å²) < 4.78 is 0. The van der Waals surface area contributed by atoms with Crippen LogP contribution in [0.25, 0.3) is 6.08 Å². The van der Waals surface area contributed by atoms with Gasteiger partial charge in [-0.2, -0.15) is 0 Å². The number of hydrogen-bond donors (Lipinski definition) is 3. The summed E-state index contributed by atoms with van der Waals surface area (Å²) >= 11 is 0. The van der Waals surface area contributed by atoms with E-state index in [0.717, 1.165) is 12.0 Å². The van der Waals surface area contributed by atoms with Crippen molar-refractivity contribution in [2.75, 3.05) is 13.2 Å². The Hall–Kier alpha value is -1.16. The van der Waals surface area contributed by atoms with Crippen LogP contribution in [-0.4, -0.2) is 29.0 Å². The van der Waals surface area contributed by atoms with E-state index in [0.29, 0.717) is 0 Å². The lowest BCUT2D eigenvalue weighted by Crippen LogP contribution is -2.45. The van der Waals surface area contributed by atoms with Gasteiger partial charge >= 0.3 is 0 Å². The van der Waals surface area contributed by atoms with Crippen molar-refractivity contribution in [2.45, 2.75) is 57.4 Å². The fourth-order valence-electron chi connectivity index (χ4n) is 2.32. The molecule has 0 heterocycles. The zero-order valence-electron chi connectivity index (χ0n) is 13.8. The van der Waals surface area contributed by atoms with Crippen molar-refractivity contribution < 1.29 is 10.2 Å². The Morgan fingerprint density at radius 2 is 1.55 bits per heavy atom. The van der Waals surface area contributed by atoms with Crippen LogP contribution in [0, 0.1) is 0 Å². The number of aliphatic hydroxyl groups is 2. The molecule has 3 heteroatoms. The highest BCUT2D eigenvalue weighted by molar-refractivity contribution is 5.51. The maximum Gasteiger partial charge on any atom is 0.0811 e. The molecule has 1 aromatic carbocycles. The number of hydrogen-bond acceptors (Lipinski definition) is 3. The second kappa shape index (κ2) is 10.5. The summed E-state index contributed by atoms with van der Waals surface area (Å²) in [5.74, 6) is 0. The maximum absolute atomic E-state index is 9.15. The van der Waals surface area contributed by atoms with Gasteiger partial charge in [-0.25, -0.2) is 0 Å². The molecule has 0 aliphatic heterocycles. The molecule has 0 aliphatic carbocycles. The molecule has 0 unspecified atom stereocenters. The molecule has 0 atom stereocenters. The Bertz CT molecular complexity index is 422. The van der Waals surface area contributed by atoms with Gasteiger partial charge in [0.25, 0.3) is 0 Å². The van der Waals surface area contributed by atoms with Gasteiger partial charge in [0, 0.05) is 0 Å². The molecule has 124 valence electrons. The smallest absolute Gasteiger partial charge is 0.0811 e. The maximum atomic E-state index is 9.15. The van der Waals surface area contributed by atoms with Gasteiger partial charge in [0.2, 0.25) is 0 Å². The summed E-state index contributed by atoms with van der Waals surface area (Å²) in [6.45, 7) is 1.71. The van der Waals surface area contributed by atoms with E-state index in [1.165, 1.54) is 44.1 Å². The minimum absolute atomic E-state index is 0.268. The van der Waals surface area contributed by atoms with E-state index in [-0.39, 0.29) is 13.2 Å². The lowest BCUT2D eigenvalue weighted by atomic mass is 10.0. The van der Waals surface area contributed by atoms with E-state index in [4.69, 9.17) is 15.9 Å². The van der Waals surface area contributed by atoms with Crippen LogP contribution in [0.3, 0.4) is 0 Å². The van der Waals surface area contributed by atoms with Crippen molar-refractivity contribution in [3.05, 3.63) is 41.5 Å². The molecule has 1 aromatic rings. The molecule has 1 rings (SSSR count). The summed E-state index contributed by atoms with van der Waals surface area (Å²) in [5, 5.41) is 18.3.